The maximum atomic E-state index is 13.0. The number of pyridine rings is 1. The number of hydrogen-bond acceptors (Lipinski definition) is 5. The standard InChI is InChI=1S/C22H20N6O2/c29-21(16-4-1-5-18(14-16)28-11-3-10-25-28)26-12-7-17(8-13-26)27-15-24-20-19(22(27)30)6-2-9-23-20/h1-6,9-11,14-15,17H,7-8,12-13H2. The smallest absolute Gasteiger partial charge is 0.263 e. The molecule has 0 bridgehead atoms. The summed E-state index contributed by atoms with van der Waals surface area (Å²) in [6.07, 6.45) is 8.17. The molecule has 30 heavy (non-hydrogen) atoms. The molecular formula is C22H20N6O2. The molecule has 8 nitrogen and oxygen atoms in total. The first-order valence-corrected chi connectivity index (χ1v) is 9.92. The molecule has 1 saturated heterocycles. The van der Waals surface area contributed by atoms with Crippen LogP contribution in [0.3, 0.4) is 0 Å². The first-order chi connectivity index (χ1) is 14.7. The fourth-order valence-electron chi connectivity index (χ4n) is 3.97. The predicted molar refractivity (Wildman–Crippen MR) is 112 cm³/mol. The minimum atomic E-state index is -0.0789. The van der Waals surface area contributed by atoms with Crippen molar-refractivity contribution in [2.75, 3.05) is 13.1 Å². The maximum absolute atomic E-state index is 13.0. The van der Waals surface area contributed by atoms with Crippen LogP contribution in [-0.4, -0.2) is 48.2 Å². The van der Waals surface area contributed by atoms with Crippen molar-refractivity contribution < 1.29 is 4.79 Å². The van der Waals surface area contributed by atoms with E-state index < -0.39 is 0 Å². The Labute approximate surface area is 172 Å². The quantitative estimate of drug-likeness (QED) is 0.527. The Morgan fingerprint density at radius 3 is 2.67 bits per heavy atom. The number of piperidine rings is 1. The Morgan fingerprint density at radius 2 is 1.87 bits per heavy atom. The second-order valence-corrected chi connectivity index (χ2v) is 7.36. The van der Waals surface area contributed by atoms with Crippen molar-refractivity contribution in [1.29, 1.82) is 0 Å². The third-order valence-corrected chi connectivity index (χ3v) is 5.56. The molecule has 1 fully saturated rings. The van der Waals surface area contributed by atoms with Crippen LogP contribution < -0.4 is 5.56 Å². The molecule has 0 saturated carbocycles. The highest BCUT2D eigenvalue weighted by Gasteiger charge is 2.26. The second-order valence-electron chi connectivity index (χ2n) is 7.36. The molecule has 1 amide bonds. The third-order valence-electron chi connectivity index (χ3n) is 5.56. The highest BCUT2D eigenvalue weighted by atomic mass is 16.2. The van der Waals surface area contributed by atoms with Crippen molar-refractivity contribution in [1.82, 2.24) is 29.2 Å². The predicted octanol–water partition coefficient (Wildman–Crippen LogP) is 2.45. The van der Waals surface area contributed by atoms with Crippen LogP contribution in [0.15, 0.2) is 72.2 Å². The van der Waals surface area contributed by atoms with Crippen LogP contribution in [0.25, 0.3) is 16.7 Å². The number of benzene rings is 1. The van der Waals surface area contributed by atoms with E-state index in [1.54, 1.807) is 40.1 Å². The number of fused-ring (bicyclic) bond motifs is 1. The lowest BCUT2D eigenvalue weighted by molar-refractivity contribution is 0.0693. The van der Waals surface area contributed by atoms with Crippen LogP contribution >= 0.6 is 0 Å². The van der Waals surface area contributed by atoms with Gasteiger partial charge < -0.3 is 4.90 Å². The molecule has 150 valence electrons. The first kappa shape index (κ1) is 18.2. The van der Waals surface area contributed by atoms with Crippen molar-refractivity contribution in [2.24, 2.45) is 0 Å². The number of nitrogens with zero attached hydrogens (tertiary/aromatic N) is 6. The van der Waals surface area contributed by atoms with E-state index in [4.69, 9.17) is 0 Å². The molecule has 5 rings (SSSR count). The third kappa shape index (κ3) is 3.26. The van der Waals surface area contributed by atoms with Gasteiger partial charge in [0.2, 0.25) is 0 Å². The van der Waals surface area contributed by atoms with Crippen LogP contribution in [-0.2, 0) is 0 Å². The number of amides is 1. The normalized spacial score (nSPS) is 14.9. The summed E-state index contributed by atoms with van der Waals surface area (Å²) in [5, 5.41) is 4.74. The van der Waals surface area contributed by atoms with E-state index in [0.29, 0.717) is 42.5 Å². The fourth-order valence-corrected chi connectivity index (χ4v) is 3.97. The highest BCUT2D eigenvalue weighted by Crippen LogP contribution is 2.23. The first-order valence-electron chi connectivity index (χ1n) is 9.92. The van der Waals surface area contributed by atoms with Gasteiger partial charge in [-0.2, -0.15) is 5.10 Å². The SMILES string of the molecule is O=C(c1cccc(-n2cccn2)c1)N1CCC(n2cnc3ncccc3c2=O)CC1. The molecule has 0 N–H and O–H groups in total. The van der Waals surface area contributed by atoms with Crippen LogP contribution in [0.1, 0.15) is 29.2 Å². The topological polar surface area (TPSA) is 85.9 Å². The minimum Gasteiger partial charge on any atom is -0.338 e. The Morgan fingerprint density at radius 1 is 1.00 bits per heavy atom. The van der Waals surface area contributed by atoms with Crippen LogP contribution in [0, 0.1) is 0 Å². The zero-order chi connectivity index (χ0) is 20.5. The zero-order valence-electron chi connectivity index (χ0n) is 16.3. The second kappa shape index (κ2) is 7.55. The molecule has 0 aliphatic carbocycles. The highest BCUT2D eigenvalue weighted by molar-refractivity contribution is 5.94. The van der Waals surface area contributed by atoms with Crippen LogP contribution in [0.2, 0.25) is 0 Å². The molecule has 4 heterocycles. The molecule has 3 aromatic heterocycles. The van der Waals surface area contributed by atoms with Crippen molar-refractivity contribution in [3.8, 4) is 5.69 Å². The number of aromatic nitrogens is 5. The van der Waals surface area contributed by atoms with Gasteiger partial charge in [-0.25, -0.2) is 14.6 Å². The zero-order valence-corrected chi connectivity index (χ0v) is 16.3. The molecule has 1 aliphatic rings. The lowest BCUT2D eigenvalue weighted by Crippen LogP contribution is -2.41. The molecule has 8 heteroatoms. The molecule has 0 spiro atoms. The van der Waals surface area contributed by atoms with Gasteiger partial charge >= 0.3 is 0 Å². The van der Waals surface area contributed by atoms with Crippen LogP contribution in [0.5, 0.6) is 0 Å². The van der Waals surface area contributed by atoms with E-state index >= 15 is 0 Å². The van der Waals surface area contributed by atoms with Crippen molar-refractivity contribution >= 4 is 16.9 Å². The van der Waals surface area contributed by atoms with Crippen molar-refractivity contribution in [3.05, 3.63) is 83.3 Å². The summed E-state index contributed by atoms with van der Waals surface area (Å²) in [6.45, 7) is 1.18. The maximum Gasteiger partial charge on any atom is 0.263 e. The molecule has 1 aliphatic heterocycles. The number of likely N-dealkylation sites (tertiary alicyclic amines) is 1. The number of rotatable bonds is 3. The van der Waals surface area contributed by atoms with Crippen molar-refractivity contribution in [3.63, 3.8) is 0 Å². The lowest BCUT2D eigenvalue weighted by Gasteiger charge is -2.33. The van der Waals surface area contributed by atoms with Gasteiger partial charge in [-0.3, -0.25) is 14.2 Å². The van der Waals surface area contributed by atoms with Gasteiger partial charge in [-0.05, 0) is 49.2 Å². The molecule has 0 atom stereocenters. The van der Waals surface area contributed by atoms with Gasteiger partial charge in [0.1, 0.15) is 6.33 Å². The summed E-state index contributed by atoms with van der Waals surface area (Å²) in [4.78, 5) is 36.1. The summed E-state index contributed by atoms with van der Waals surface area (Å²) in [5.74, 6) is -0.00404. The largest absolute Gasteiger partial charge is 0.338 e. The molecule has 0 unspecified atom stereocenters. The average Bonchev–Trinajstić information content (AvgIpc) is 3.35. The Bertz CT molecular complexity index is 1260. The number of carbonyl (C=O) groups is 1. The van der Waals surface area contributed by atoms with E-state index in [-0.39, 0.29) is 17.5 Å². The Hall–Kier alpha value is -3.81. The van der Waals surface area contributed by atoms with E-state index in [0.717, 1.165) is 5.69 Å². The average molecular weight is 400 g/mol. The Balaban J connectivity index is 1.32. The van der Waals surface area contributed by atoms with Gasteiger partial charge in [0.25, 0.3) is 11.5 Å². The van der Waals surface area contributed by atoms with E-state index in [1.807, 2.05) is 41.4 Å². The van der Waals surface area contributed by atoms with Gasteiger partial charge in [-0.1, -0.05) is 6.07 Å². The summed E-state index contributed by atoms with van der Waals surface area (Å²) in [7, 11) is 0. The Kier molecular flexibility index (Phi) is 4.59. The number of carbonyl (C=O) groups excluding carboxylic acids is 1. The van der Waals surface area contributed by atoms with Crippen LogP contribution in [0.4, 0.5) is 0 Å². The summed E-state index contributed by atoms with van der Waals surface area (Å²) in [5.41, 5.74) is 1.87. The molecule has 0 radical (unpaired) electrons. The van der Waals surface area contributed by atoms with Gasteiger partial charge in [0, 0.05) is 43.3 Å². The van der Waals surface area contributed by atoms with Gasteiger partial charge in [-0.15, -0.1) is 0 Å². The fraction of sp³-hybridized carbons (Fsp3) is 0.227. The van der Waals surface area contributed by atoms with Gasteiger partial charge in [0.15, 0.2) is 5.65 Å². The minimum absolute atomic E-state index is 0.00404. The summed E-state index contributed by atoms with van der Waals surface area (Å²) >= 11 is 0. The summed E-state index contributed by atoms with van der Waals surface area (Å²) in [6, 6.07) is 12.8. The molecule has 1 aromatic carbocycles. The summed E-state index contributed by atoms with van der Waals surface area (Å²) < 4.78 is 3.42. The molecular weight excluding hydrogens is 380 g/mol. The number of hydrogen-bond donors (Lipinski definition) is 0. The van der Waals surface area contributed by atoms with E-state index in [2.05, 4.69) is 15.1 Å². The monoisotopic (exact) mass is 400 g/mol. The molecule has 4 aromatic rings. The van der Waals surface area contributed by atoms with Crippen molar-refractivity contribution in [2.45, 2.75) is 18.9 Å². The van der Waals surface area contributed by atoms with E-state index in [1.165, 1.54) is 0 Å². The van der Waals surface area contributed by atoms with E-state index in [9.17, 15) is 9.59 Å². The van der Waals surface area contributed by atoms with Gasteiger partial charge in [0.05, 0.1) is 11.1 Å². The lowest BCUT2D eigenvalue weighted by atomic mass is 10.0.